The number of anilines is 3. The summed E-state index contributed by atoms with van der Waals surface area (Å²) in [6, 6.07) is 10.0. The van der Waals surface area contributed by atoms with E-state index in [9.17, 15) is 0 Å². The number of fused-ring (bicyclic) bond motifs is 1. The predicted octanol–water partition coefficient (Wildman–Crippen LogP) is 3.51. The van der Waals surface area contributed by atoms with Gasteiger partial charge in [-0.25, -0.2) is 19.9 Å². The van der Waals surface area contributed by atoms with Gasteiger partial charge in [0.15, 0.2) is 5.65 Å². The van der Waals surface area contributed by atoms with Crippen LogP contribution < -0.4 is 10.6 Å². The van der Waals surface area contributed by atoms with Crippen LogP contribution in [0, 0.1) is 6.92 Å². The van der Waals surface area contributed by atoms with E-state index < -0.39 is 0 Å². The molecule has 0 aliphatic heterocycles. The average Bonchev–Trinajstić information content (AvgIpc) is 3.13. The summed E-state index contributed by atoms with van der Waals surface area (Å²) in [7, 11) is 1.90. The molecule has 25 heavy (non-hydrogen) atoms. The molecule has 0 amide bonds. The molecule has 4 aromatic rings. The summed E-state index contributed by atoms with van der Waals surface area (Å²) in [5.41, 5.74) is 6.22. The topological polar surface area (TPSA) is 91.4 Å². The van der Waals surface area contributed by atoms with Gasteiger partial charge in [0.1, 0.15) is 23.4 Å². The lowest BCUT2D eigenvalue weighted by molar-refractivity contribution is 1.19. The number of pyridine rings is 1. The molecule has 0 unspecified atom stereocenters. The van der Waals surface area contributed by atoms with Gasteiger partial charge < -0.3 is 15.6 Å². The molecule has 3 aromatic heterocycles. The molecule has 0 radical (unpaired) electrons. The molecular formula is C18H17N7. The summed E-state index contributed by atoms with van der Waals surface area (Å²) in [4.78, 5) is 20.4. The van der Waals surface area contributed by atoms with Crippen LogP contribution in [0.4, 0.5) is 17.2 Å². The molecule has 0 spiro atoms. The number of aromatic nitrogens is 5. The molecular weight excluding hydrogens is 314 g/mol. The second-order valence-corrected chi connectivity index (χ2v) is 5.63. The highest BCUT2D eigenvalue weighted by atomic mass is 15.0. The average molecular weight is 331 g/mol. The second-order valence-electron chi connectivity index (χ2n) is 5.63. The number of benzene rings is 1. The van der Waals surface area contributed by atoms with E-state index in [-0.39, 0.29) is 0 Å². The number of aryl methyl sites for hydroxylation is 1. The number of H-pyrrole nitrogens is 1. The molecule has 4 rings (SSSR count). The first-order valence-corrected chi connectivity index (χ1v) is 7.91. The van der Waals surface area contributed by atoms with E-state index in [0.717, 1.165) is 39.5 Å². The Kier molecular flexibility index (Phi) is 3.74. The van der Waals surface area contributed by atoms with Crippen molar-refractivity contribution in [1.82, 2.24) is 24.9 Å². The third-order valence-electron chi connectivity index (χ3n) is 4.07. The predicted molar refractivity (Wildman–Crippen MR) is 98.9 cm³/mol. The van der Waals surface area contributed by atoms with E-state index in [2.05, 4.69) is 54.6 Å². The summed E-state index contributed by atoms with van der Waals surface area (Å²) in [6.45, 7) is 2.06. The zero-order chi connectivity index (χ0) is 17.2. The SMILES string of the molecule is CNc1ccc(C)c(Nc2ncccc2-c2ncnc3nc[nH]c23)c1. The third kappa shape index (κ3) is 2.76. The molecule has 3 heterocycles. The fourth-order valence-electron chi connectivity index (χ4n) is 2.71. The molecule has 0 bridgehead atoms. The van der Waals surface area contributed by atoms with Crippen molar-refractivity contribution in [3.63, 3.8) is 0 Å². The first kappa shape index (κ1) is 15.1. The quantitative estimate of drug-likeness (QED) is 0.530. The van der Waals surface area contributed by atoms with E-state index in [1.807, 2.05) is 25.2 Å². The van der Waals surface area contributed by atoms with Gasteiger partial charge in [-0.05, 0) is 36.8 Å². The van der Waals surface area contributed by atoms with Crippen LogP contribution in [-0.4, -0.2) is 32.0 Å². The van der Waals surface area contributed by atoms with Crippen LogP contribution in [0.3, 0.4) is 0 Å². The molecule has 0 atom stereocenters. The third-order valence-corrected chi connectivity index (χ3v) is 4.07. The highest BCUT2D eigenvalue weighted by Gasteiger charge is 2.14. The van der Waals surface area contributed by atoms with Crippen molar-refractivity contribution in [2.24, 2.45) is 0 Å². The van der Waals surface area contributed by atoms with Gasteiger partial charge in [-0.1, -0.05) is 6.07 Å². The number of nitrogens with zero attached hydrogens (tertiary/aromatic N) is 4. The van der Waals surface area contributed by atoms with Gasteiger partial charge in [-0.2, -0.15) is 0 Å². The molecule has 0 saturated carbocycles. The minimum atomic E-state index is 0.633. The number of aromatic amines is 1. The standard InChI is InChI=1S/C18H17N7/c1-11-5-6-12(19-2)8-14(11)25-17-13(4-3-7-20-17)15-16-18(23-9-21-15)24-10-22-16/h3-10,19H,1-2H3,(H,20,25)(H,21,22,23,24). The van der Waals surface area contributed by atoms with Crippen LogP contribution in [-0.2, 0) is 0 Å². The van der Waals surface area contributed by atoms with Gasteiger partial charge in [-0.3, -0.25) is 0 Å². The van der Waals surface area contributed by atoms with Gasteiger partial charge in [0.25, 0.3) is 0 Å². The Balaban J connectivity index is 1.82. The van der Waals surface area contributed by atoms with Crippen molar-refractivity contribution < 1.29 is 0 Å². The summed E-state index contributed by atoms with van der Waals surface area (Å²) in [5, 5.41) is 6.58. The first-order chi connectivity index (χ1) is 12.3. The van der Waals surface area contributed by atoms with Crippen LogP contribution in [0.15, 0.2) is 49.2 Å². The lowest BCUT2D eigenvalue weighted by Crippen LogP contribution is -2.00. The number of hydrogen-bond donors (Lipinski definition) is 3. The smallest absolute Gasteiger partial charge is 0.181 e. The van der Waals surface area contributed by atoms with Crippen LogP contribution in [0.2, 0.25) is 0 Å². The van der Waals surface area contributed by atoms with Crippen LogP contribution >= 0.6 is 0 Å². The zero-order valence-corrected chi connectivity index (χ0v) is 13.9. The minimum Gasteiger partial charge on any atom is -0.388 e. The molecule has 0 fully saturated rings. The van der Waals surface area contributed by atoms with Crippen molar-refractivity contribution >= 4 is 28.4 Å². The second kappa shape index (κ2) is 6.20. The van der Waals surface area contributed by atoms with Crippen LogP contribution in [0.5, 0.6) is 0 Å². The maximum atomic E-state index is 4.51. The van der Waals surface area contributed by atoms with Crippen molar-refractivity contribution in [2.75, 3.05) is 17.7 Å². The van der Waals surface area contributed by atoms with E-state index in [1.165, 1.54) is 6.33 Å². The molecule has 3 N–H and O–H groups in total. The molecule has 124 valence electrons. The number of imidazole rings is 1. The molecule has 7 heteroatoms. The Hall–Kier alpha value is -3.48. The van der Waals surface area contributed by atoms with Gasteiger partial charge in [0.2, 0.25) is 0 Å². The number of nitrogens with one attached hydrogen (secondary N) is 3. The van der Waals surface area contributed by atoms with E-state index in [4.69, 9.17) is 0 Å². The van der Waals surface area contributed by atoms with E-state index >= 15 is 0 Å². The summed E-state index contributed by atoms with van der Waals surface area (Å²) in [6.07, 6.45) is 4.89. The molecule has 0 aliphatic rings. The van der Waals surface area contributed by atoms with E-state index in [0.29, 0.717) is 5.65 Å². The lowest BCUT2D eigenvalue weighted by atomic mass is 10.1. The maximum Gasteiger partial charge on any atom is 0.181 e. The highest BCUT2D eigenvalue weighted by molar-refractivity contribution is 5.91. The Morgan fingerprint density at radius 2 is 1.96 bits per heavy atom. The molecule has 7 nitrogen and oxygen atoms in total. The van der Waals surface area contributed by atoms with Gasteiger partial charge in [0, 0.05) is 30.2 Å². The van der Waals surface area contributed by atoms with Crippen molar-refractivity contribution in [3.8, 4) is 11.3 Å². The molecule has 0 aliphatic carbocycles. The number of rotatable bonds is 4. The maximum absolute atomic E-state index is 4.51. The largest absolute Gasteiger partial charge is 0.388 e. The zero-order valence-electron chi connectivity index (χ0n) is 13.9. The number of hydrogen-bond acceptors (Lipinski definition) is 6. The fourth-order valence-corrected chi connectivity index (χ4v) is 2.71. The van der Waals surface area contributed by atoms with Gasteiger partial charge >= 0.3 is 0 Å². The van der Waals surface area contributed by atoms with Crippen molar-refractivity contribution in [2.45, 2.75) is 6.92 Å². The Bertz CT molecular complexity index is 1040. The van der Waals surface area contributed by atoms with Gasteiger partial charge in [0.05, 0.1) is 6.33 Å². The Labute approximate surface area is 144 Å². The Morgan fingerprint density at radius 3 is 2.84 bits per heavy atom. The first-order valence-electron chi connectivity index (χ1n) is 7.91. The lowest BCUT2D eigenvalue weighted by Gasteiger charge is -2.14. The van der Waals surface area contributed by atoms with E-state index in [1.54, 1.807) is 12.5 Å². The summed E-state index contributed by atoms with van der Waals surface area (Å²) in [5.74, 6) is 0.730. The van der Waals surface area contributed by atoms with Crippen molar-refractivity contribution in [1.29, 1.82) is 0 Å². The molecule has 1 aromatic carbocycles. The summed E-state index contributed by atoms with van der Waals surface area (Å²) >= 11 is 0. The van der Waals surface area contributed by atoms with Crippen LogP contribution in [0.1, 0.15) is 5.56 Å². The Morgan fingerprint density at radius 1 is 1.04 bits per heavy atom. The normalized spacial score (nSPS) is 10.8. The fraction of sp³-hybridized carbons (Fsp3) is 0.111. The van der Waals surface area contributed by atoms with Crippen LogP contribution in [0.25, 0.3) is 22.4 Å². The molecule has 0 saturated heterocycles. The van der Waals surface area contributed by atoms with Gasteiger partial charge in [-0.15, -0.1) is 0 Å². The summed E-state index contributed by atoms with van der Waals surface area (Å²) < 4.78 is 0. The monoisotopic (exact) mass is 331 g/mol. The highest BCUT2D eigenvalue weighted by Crippen LogP contribution is 2.31. The van der Waals surface area contributed by atoms with Crippen molar-refractivity contribution in [3.05, 3.63) is 54.7 Å². The minimum absolute atomic E-state index is 0.633.